The van der Waals surface area contributed by atoms with Gasteiger partial charge in [-0.1, -0.05) is 13.8 Å². The Morgan fingerprint density at radius 2 is 1.75 bits per heavy atom. The van der Waals surface area contributed by atoms with Gasteiger partial charge in [0.05, 0.1) is 15.9 Å². The van der Waals surface area contributed by atoms with E-state index in [9.17, 15) is 20.2 Å². The van der Waals surface area contributed by atoms with Crippen molar-refractivity contribution in [1.29, 1.82) is 5.26 Å². The summed E-state index contributed by atoms with van der Waals surface area (Å²) in [4.78, 5) is 19.1. The van der Waals surface area contributed by atoms with Gasteiger partial charge in [0, 0.05) is 6.07 Å². The Hall–Kier alpha value is -2.49. The Morgan fingerprint density at radius 1 is 1.19 bits per heavy atom. The molecule has 0 radical (unpaired) electrons. The van der Waals surface area contributed by atoms with Crippen LogP contribution in [-0.2, 0) is 0 Å². The monoisotopic (exact) mass is 223 g/mol. The van der Waals surface area contributed by atoms with E-state index in [4.69, 9.17) is 5.26 Å². The van der Waals surface area contributed by atoms with Gasteiger partial charge in [-0.2, -0.15) is 5.26 Å². The van der Waals surface area contributed by atoms with Crippen LogP contribution in [0.15, 0.2) is 18.2 Å². The zero-order valence-electron chi connectivity index (χ0n) is 8.71. The van der Waals surface area contributed by atoms with Crippen LogP contribution in [0.5, 0.6) is 0 Å². The number of nitrogens with zero attached hydrogens (tertiary/aromatic N) is 3. The minimum absolute atomic E-state index is 0.194. The summed E-state index contributed by atoms with van der Waals surface area (Å²) in [5, 5.41) is 29.1. The van der Waals surface area contributed by atoms with Crippen LogP contribution in [0.4, 0.5) is 11.4 Å². The van der Waals surface area contributed by atoms with E-state index in [2.05, 4.69) is 0 Å². The van der Waals surface area contributed by atoms with Crippen LogP contribution in [0.3, 0.4) is 0 Å². The first-order valence-corrected chi connectivity index (χ1v) is 4.39. The number of non-ortho nitro benzene ring substituents is 1. The van der Waals surface area contributed by atoms with Crippen LogP contribution in [-0.4, -0.2) is 9.85 Å². The average molecular weight is 223 g/mol. The minimum atomic E-state index is -0.828. The van der Waals surface area contributed by atoms with Crippen LogP contribution in [0.1, 0.15) is 19.4 Å². The third-order valence-electron chi connectivity index (χ3n) is 1.51. The van der Waals surface area contributed by atoms with Crippen LogP contribution >= 0.6 is 0 Å². The molecule has 0 N–H and O–H groups in total. The fourth-order valence-corrected chi connectivity index (χ4v) is 0.879. The molecule has 0 fully saturated rings. The smallest absolute Gasteiger partial charge is 0.258 e. The standard InChI is InChI=1S/C7H3N3O4.C2H6/c8-4-5-1-2-6(9(11)12)3-7(5)10(13)14;1-2/h1-3H;1-2H3. The summed E-state index contributed by atoms with van der Waals surface area (Å²) >= 11 is 0. The Kier molecular flexibility index (Phi) is 5.13. The van der Waals surface area contributed by atoms with E-state index in [1.165, 1.54) is 0 Å². The number of nitriles is 1. The highest BCUT2D eigenvalue weighted by atomic mass is 16.6. The normalized spacial score (nSPS) is 8.31. The second-order valence-corrected chi connectivity index (χ2v) is 2.33. The maximum atomic E-state index is 10.4. The van der Waals surface area contributed by atoms with Crippen molar-refractivity contribution in [3.8, 4) is 6.07 Å². The largest absolute Gasteiger partial charge is 0.293 e. The molecule has 0 spiro atoms. The number of rotatable bonds is 2. The fourth-order valence-electron chi connectivity index (χ4n) is 0.879. The maximum Gasteiger partial charge on any atom is 0.293 e. The van der Waals surface area contributed by atoms with Gasteiger partial charge in [-0.25, -0.2) is 0 Å². The Labute approximate surface area is 91.2 Å². The Bertz CT molecular complexity index is 451. The van der Waals surface area contributed by atoms with Crippen LogP contribution in [0.2, 0.25) is 0 Å². The highest BCUT2D eigenvalue weighted by Gasteiger charge is 2.18. The molecule has 1 rings (SSSR count). The lowest BCUT2D eigenvalue weighted by Crippen LogP contribution is -1.95. The summed E-state index contributed by atoms with van der Waals surface area (Å²) < 4.78 is 0. The van der Waals surface area contributed by atoms with Gasteiger partial charge in [-0.3, -0.25) is 20.2 Å². The highest BCUT2D eigenvalue weighted by molar-refractivity contribution is 5.54. The van der Waals surface area contributed by atoms with Crippen LogP contribution < -0.4 is 0 Å². The molecule has 0 aliphatic rings. The number of nitro benzene ring substituents is 2. The summed E-state index contributed by atoms with van der Waals surface area (Å²) in [7, 11) is 0. The summed E-state index contributed by atoms with van der Waals surface area (Å²) in [5.41, 5.74) is -1.15. The Balaban J connectivity index is 0.00000106. The summed E-state index contributed by atoms with van der Waals surface area (Å²) in [6.07, 6.45) is 0. The predicted octanol–water partition coefficient (Wildman–Crippen LogP) is 2.40. The second-order valence-electron chi connectivity index (χ2n) is 2.33. The first kappa shape index (κ1) is 13.5. The van der Waals surface area contributed by atoms with E-state index in [1.807, 2.05) is 13.8 Å². The van der Waals surface area contributed by atoms with Gasteiger partial charge in [0.1, 0.15) is 11.6 Å². The second kappa shape index (κ2) is 6.08. The minimum Gasteiger partial charge on any atom is -0.258 e. The van der Waals surface area contributed by atoms with Crippen molar-refractivity contribution in [3.05, 3.63) is 44.0 Å². The topological polar surface area (TPSA) is 110 Å². The molecule has 84 valence electrons. The molecular weight excluding hydrogens is 214 g/mol. The molecule has 0 heterocycles. The lowest BCUT2D eigenvalue weighted by molar-refractivity contribution is -0.394. The molecule has 0 saturated carbocycles. The van der Waals surface area contributed by atoms with Gasteiger partial charge in [-0.05, 0) is 6.07 Å². The molecule has 0 saturated heterocycles. The quantitative estimate of drug-likeness (QED) is 0.564. The van der Waals surface area contributed by atoms with E-state index < -0.39 is 21.2 Å². The van der Waals surface area contributed by atoms with E-state index in [0.29, 0.717) is 0 Å². The first-order chi connectivity index (χ1) is 7.56. The molecule has 0 bridgehead atoms. The van der Waals surface area contributed by atoms with Gasteiger partial charge in [0.15, 0.2) is 0 Å². The molecule has 7 nitrogen and oxygen atoms in total. The number of benzene rings is 1. The third-order valence-corrected chi connectivity index (χ3v) is 1.51. The van der Waals surface area contributed by atoms with E-state index >= 15 is 0 Å². The molecular formula is C9H9N3O4. The number of hydrogen-bond acceptors (Lipinski definition) is 5. The van der Waals surface area contributed by atoms with Gasteiger partial charge < -0.3 is 0 Å². The first-order valence-electron chi connectivity index (χ1n) is 4.39. The van der Waals surface area contributed by atoms with Crippen molar-refractivity contribution < 1.29 is 9.85 Å². The molecule has 0 aliphatic heterocycles. The molecule has 0 unspecified atom stereocenters. The zero-order chi connectivity index (χ0) is 12.7. The SMILES string of the molecule is CC.N#Cc1ccc([N+](=O)[O-])cc1[N+](=O)[O-]. The molecule has 7 heteroatoms. The predicted molar refractivity (Wildman–Crippen MR) is 55.8 cm³/mol. The van der Waals surface area contributed by atoms with Crippen molar-refractivity contribution in [2.75, 3.05) is 0 Å². The maximum absolute atomic E-state index is 10.4. The molecule has 1 aromatic carbocycles. The summed E-state index contributed by atoms with van der Waals surface area (Å²) in [5.74, 6) is 0. The van der Waals surface area contributed by atoms with E-state index in [-0.39, 0.29) is 5.56 Å². The van der Waals surface area contributed by atoms with Crippen molar-refractivity contribution in [3.63, 3.8) is 0 Å². The van der Waals surface area contributed by atoms with Crippen molar-refractivity contribution in [2.45, 2.75) is 13.8 Å². The summed E-state index contributed by atoms with van der Waals surface area (Å²) in [6, 6.07) is 4.44. The third kappa shape index (κ3) is 3.02. The fraction of sp³-hybridized carbons (Fsp3) is 0.222. The molecule has 0 atom stereocenters. The molecule has 16 heavy (non-hydrogen) atoms. The van der Waals surface area contributed by atoms with Crippen molar-refractivity contribution in [1.82, 2.24) is 0 Å². The lowest BCUT2D eigenvalue weighted by atomic mass is 10.2. The Morgan fingerprint density at radius 3 is 2.12 bits per heavy atom. The van der Waals surface area contributed by atoms with Crippen molar-refractivity contribution in [2.24, 2.45) is 0 Å². The van der Waals surface area contributed by atoms with Crippen LogP contribution in [0.25, 0.3) is 0 Å². The van der Waals surface area contributed by atoms with Gasteiger partial charge in [-0.15, -0.1) is 0 Å². The van der Waals surface area contributed by atoms with E-state index in [1.54, 1.807) is 6.07 Å². The molecule has 0 amide bonds. The number of nitro groups is 2. The van der Waals surface area contributed by atoms with Crippen molar-refractivity contribution >= 4 is 11.4 Å². The van der Waals surface area contributed by atoms with Gasteiger partial charge in [0.2, 0.25) is 0 Å². The van der Waals surface area contributed by atoms with Gasteiger partial charge in [0.25, 0.3) is 11.4 Å². The summed E-state index contributed by atoms with van der Waals surface area (Å²) in [6.45, 7) is 4.00. The van der Waals surface area contributed by atoms with Gasteiger partial charge >= 0.3 is 0 Å². The van der Waals surface area contributed by atoms with Crippen LogP contribution in [0, 0.1) is 31.6 Å². The molecule has 0 aliphatic carbocycles. The van der Waals surface area contributed by atoms with E-state index in [0.717, 1.165) is 18.2 Å². The lowest BCUT2D eigenvalue weighted by Gasteiger charge is -1.94. The average Bonchev–Trinajstić information content (AvgIpc) is 2.30. The molecule has 1 aromatic rings. The zero-order valence-corrected chi connectivity index (χ0v) is 8.71. The highest BCUT2D eigenvalue weighted by Crippen LogP contribution is 2.23. The molecule has 0 aromatic heterocycles. The number of hydrogen-bond donors (Lipinski definition) is 0.